The van der Waals surface area contributed by atoms with Crippen molar-refractivity contribution in [3.05, 3.63) is 47.8 Å². The molecule has 0 amide bonds. The normalized spacial score (nSPS) is 9.89. The molecule has 0 aromatic carbocycles. The number of anilines is 1. The first-order valence-corrected chi connectivity index (χ1v) is 4.85. The minimum absolute atomic E-state index is 0.0705. The summed E-state index contributed by atoms with van der Waals surface area (Å²) in [6.45, 7) is 0. The predicted octanol–water partition coefficient (Wildman–Crippen LogP) is 1.97. The number of hydrogen-bond donors (Lipinski definition) is 1. The van der Waals surface area contributed by atoms with E-state index < -0.39 is 11.8 Å². The Morgan fingerprint density at radius 2 is 2.17 bits per heavy atom. The lowest BCUT2D eigenvalue weighted by Crippen LogP contribution is -2.09. The Bertz CT molecular complexity index is 578. The topological polar surface area (TPSA) is 64.1 Å². The van der Waals surface area contributed by atoms with Gasteiger partial charge < -0.3 is 4.84 Å². The van der Waals surface area contributed by atoms with Crippen molar-refractivity contribution in [3.63, 3.8) is 0 Å². The first kappa shape index (κ1) is 11.9. The van der Waals surface area contributed by atoms with Crippen LogP contribution >= 0.6 is 0 Å². The van der Waals surface area contributed by atoms with Gasteiger partial charge in [-0.25, -0.2) is 14.9 Å². The van der Waals surface area contributed by atoms with Crippen LogP contribution in [-0.4, -0.2) is 16.3 Å². The van der Waals surface area contributed by atoms with Gasteiger partial charge >= 0.3 is 0 Å². The average Bonchev–Trinajstić information content (AvgIpc) is 2.37. The third-order valence-electron chi connectivity index (χ3n) is 1.94. The van der Waals surface area contributed by atoms with Crippen LogP contribution in [0, 0.1) is 11.8 Å². The number of carbonyl (C=O) groups is 1. The van der Waals surface area contributed by atoms with Crippen LogP contribution in [0.15, 0.2) is 30.5 Å². The molecule has 2 aromatic heterocycles. The molecule has 0 saturated heterocycles. The molecule has 0 fully saturated rings. The molecular formula is C11H7F2N3O2. The molecule has 7 heteroatoms. The fourth-order valence-corrected chi connectivity index (χ4v) is 1.18. The second-order valence-electron chi connectivity index (χ2n) is 3.22. The van der Waals surface area contributed by atoms with Crippen LogP contribution in [0.4, 0.5) is 14.6 Å². The fraction of sp³-hybridized carbons (Fsp3) is 0. The summed E-state index contributed by atoms with van der Waals surface area (Å²) in [6.07, 6.45) is 1.29. The first-order chi connectivity index (χ1) is 8.69. The first-order valence-electron chi connectivity index (χ1n) is 4.85. The Morgan fingerprint density at radius 1 is 1.33 bits per heavy atom. The zero-order chi connectivity index (χ0) is 13.0. The van der Waals surface area contributed by atoms with Crippen molar-refractivity contribution in [2.24, 2.45) is 0 Å². The highest BCUT2D eigenvalue weighted by Gasteiger charge is 2.07. The second-order valence-corrected chi connectivity index (χ2v) is 3.22. The zero-order valence-electron chi connectivity index (χ0n) is 8.93. The number of nitrogens with zero attached hydrogens (tertiary/aromatic N) is 2. The van der Waals surface area contributed by atoms with E-state index in [1.807, 2.05) is 0 Å². The van der Waals surface area contributed by atoms with Gasteiger partial charge in [0.25, 0.3) is 5.88 Å². The van der Waals surface area contributed by atoms with E-state index in [-0.39, 0.29) is 17.3 Å². The SMILES string of the molecule is O=Cc1cc(F)cnc1ONc1cccc(F)n1. The van der Waals surface area contributed by atoms with Crippen molar-refractivity contribution in [2.45, 2.75) is 0 Å². The number of rotatable bonds is 4. The van der Waals surface area contributed by atoms with Gasteiger partial charge in [0.05, 0.1) is 11.8 Å². The molecule has 0 bridgehead atoms. The summed E-state index contributed by atoms with van der Waals surface area (Å²) in [5.41, 5.74) is 2.23. The summed E-state index contributed by atoms with van der Waals surface area (Å²) < 4.78 is 25.6. The van der Waals surface area contributed by atoms with Crippen molar-refractivity contribution < 1.29 is 18.4 Å². The summed E-state index contributed by atoms with van der Waals surface area (Å²) in [7, 11) is 0. The van der Waals surface area contributed by atoms with Crippen molar-refractivity contribution in [2.75, 3.05) is 5.48 Å². The van der Waals surface area contributed by atoms with Crippen molar-refractivity contribution in [1.82, 2.24) is 9.97 Å². The van der Waals surface area contributed by atoms with E-state index >= 15 is 0 Å². The van der Waals surface area contributed by atoms with Gasteiger partial charge in [-0.3, -0.25) is 4.79 Å². The third-order valence-corrected chi connectivity index (χ3v) is 1.94. The van der Waals surface area contributed by atoms with Crippen LogP contribution in [0.3, 0.4) is 0 Å². The number of aromatic nitrogens is 2. The van der Waals surface area contributed by atoms with Crippen LogP contribution in [0.25, 0.3) is 0 Å². The molecule has 2 heterocycles. The standard InChI is InChI=1S/C11H7F2N3O2/c12-8-4-7(6-17)11(14-5-8)18-16-10-3-1-2-9(13)15-10/h1-6H,(H,15,16). The van der Waals surface area contributed by atoms with E-state index in [0.717, 1.165) is 18.3 Å². The summed E-state index contributed by atoms with van der Waals surface area (Å²) in [5.74, 6) is -1.38. The van der Waals surface area contributed by atoms with E-state index in [4.69, 9.17) is 4.84 Å². The molecule has 1 N–H and O–H groups in total. The molecule has 0 saturated carbocycles. The molecule has 0 unspecified atom stereocenters. The number of halogens is 2. The van der Waals surface area contributed by atoms with Gasteiger partial charge in [0.2, 0.25) is 5.95 Å². The number of carbonyl (C=O) groups excluding carboxylic acids is 1. The zero-order valence-corrected chi connectivity index (χ0v) is 8.93. The Labute approximate surface area is 100 Å². The van der Waals surface area contributed by atoms with E-state index in [0.29, 0.717) is 6.29 Å². The largest absolute Gasteiger partial charge is 0.359 e. The van der Waals surface area contributed by atoms with Gasteiger partial charge in [0.1, 0.15) is 5.82 Å². The minimum Gasteiger partial charge on any atom is -0.359 e. The van der Waals surface area contributed by atoms with Gasteiger partial charge in [0, 0.05) is 0 Å². The van der Waals surface area contributed by atoms with Crippen molar-refractivity contribution >= 4 is 12.1 Å². The molecule has 18 heavy (non-hydrogen) atoms. The molecule has 0 spiro atoms. The average molecular weight is 251 g/mol. The van der Waals surface area contributed by atoms with Crippen LogP contribution in [0.2, 0.25) is 0 Å². The molecule has 2 rings (SSSR count). The Hall–Kier alpha value is -2.57. The number of pyridine rings is 2. The van der Waals surface area contributed by atoms with Gasteiger partial charge in [-0.05, 0) is 18.2 Å². The maximum absolute atomic E-state index is 12.8. The fourth-order valence-electron chi connectivity index (χ4n) is 1.18. The third kappa shape index (κ3) is 2.76. The van der Waals surface area contributed by atoms with Crippen LogP contribution in [-0.2, 0) is 0 Å². The molecule has 0 aliphatic carbocycles. The molecule has 0 atom stereocenters. The molecule has 0 aliphatic rings. The highest BCUT2D eigenvalue weighted by atomic mass is 19.1. The maximum Gasteiger partial charge on any atom is 0.256 e. The summed E-state index contributed by atoms with van der Waals surface area (Å²) >= 11 is 0. The lowest BCUT2D eigenvalue weighted by atomic mass is 10.3. The number of aldehydes is 1. The van der Waals surface area contributed by atoms with Gasteiger partial charge in [-0.1, -0.05) is 6.07 Å². The predicted molar refractivity (Wildman–Crippen MR) is 58.0 cm³/mol. The van der Waals surface area contributed by atoms with E-state index in [1.54, 1.807) is 0 Å². The molecule has 2 aromatic rings. The Balaban J connectivity index is 2.13. The monoisotopic (exact) mass is 251 g/mol. The highest BCUT2D eigenvalue weighted by Crippen LogP contribution is 2.14. The molecule has 5 nitrogen and oxygen atoms in total. The summed E-state index contributed by atoms with van der Waals surface area (Å²) in [6, 6.07) is 5.01. The van der Waals surface area contributed by atoms with Gasteiger partial charge in [-0.15, -0.1) is 0 Å². The molecule has 0 aliphatic heterocycles. The van der Waals surface area contributed by atoms with Gasteiger partial charge in [-0.2, -0.15) is 9.37 Å². The lowest BCUT2D eigenvalue weighted by Gasteiger charge is -2.07. The smallest absolute Gasteiger partial charge is 0.256 e. The lowest BCUT2D eigenvalue weighted by molar-refractivity contribution is 0.111. The quantitative estimate of drug-likeness (QED) is 0.511. The Kier molecular flexibility index (Phi) is 3.42. The van der Waals surface area contributed by atoms with Crippen LogP contribution in [0.5, 0.6) is 5.88 Å². The van der Waals surface area contributed by atoms with Gasteiger partial charge in [0.15, 0.2) is 12.1 Å². The van der Waals surface area contributed by atoms with E-state index in [1.165, 1.54) is 12.1 Å². The number of hydrogen-bond acceptors (Lipinski definition) is 5. The number of nitrogens with one attached hydrogen (secondary N) is 1. The second kappa shape index (κ2) is 5.17. The maximum atomic E-state index is 12.8. The van der Waals surface area contributed by atoms with Crippen LogP contribution in [0.1, 0.15) is 10.4 Å². The minimum atomic E-state index is -0.689. The van der Waals surface area contributed by atoms with E-state index in [9.17, 15) is 13.6 Å². The molecular weight excluding hydrogens is 244 g/mol. The van der Waals surface area contributed by atoms with E-state index in [2.05, 4.69) is 15.4 Å². The highest BCUT2D eigenvalue weighted by molar-refractivity contribution is 5.78. The summed E-state index contributed by atoms with van der Waals surface area (Å²) in [4.78, 5) is 22.6. The molecule has 92 valence electrons. The van der Waals surface area contributed by atoms with Crippen molar-refractivity contribution in [1.29, 1.82) is 0 Å². The molecule has 0 radical (unpaired) electrons. The van der Waals surface area contributed by atoms with Crippen LogP contribution < -0.4 is 10.3 Å². The summed E-state index contributed by atoms with van der Waals surface area (Å²) in [5, 5.41) is 0. The Morgan fingerprint density at radius 3 is 2.89 bits per heavy atom. The van der Waals surface area contributed by atoms with Crippen molar-refractivity contribution in [3.8, 4) is 5.88 Å².